The summed E-state index contributed by atoms with van der Waals surface area (Å²) in [4.78, 5) is 26.5. The highest BCUT2D eigenvalue weighted by atomic mass is 32.1. The summed E-state index contributed by atoms with van der Waals surface area (Å²) in [6.45, 7) is 0. The second-order valence-corrected chi connectivity index (χ2v) is 7.53. The highest BCUT2D eigenvalue weighted by Crippen LogP contribution is 2.22. The standard InChI is InChI=1S/C23H14N4O2S/c28-20-17-13-7-8-14-18(17)21(29)22-19(20)27(16-11-5-2-6-12-16)26-23(30-22)25-24-15-9-3-1-4-10-15/h1-14H. The number of azo groups is 1. The molecule has 0 saturated carbocycles. The van der Waals surface area contributed by atoms with Crippen molar-refractivity contribution in [2.75, 3.05) is 0 Å². The predicted molar refractivity (Wildman–Crippen MR) is 117 cm³/mol. The number of benzene rings is 3. The summed E-state index contributed by atoms with van der Waals surface area (Å²) < 4.78 is 1.79. The molecule has 2 aliphatic rings. The topological polar surface area (TPSA) is 76.7 Å². The summed E-state index contributed by atoms with van der Waals surface area (Å²) in [6.07, 6.45) is 0. The lowest BCUT2D eigenvalue weighted by molar-refractivity contribution is 0.816. The van der Waals surface area contributed by atoms with Crippen molar-refractivity contribution < 1.29 is 0 Å². The number of aromatic nitrogens is 2. The molecule has 0 amide bonds. The lowest BCUT2D eigenvalue weighted by atomic mass is 10.1. The Balaban J connectivity index is 1.88. The highest BCUT2D eigenvalue weighted by Gasteiger charge is 2.14. The molecular weight excluding hydrogens is 396 g/mol. The average molecular weight is 410 g/mol. The lowest BCUT2D eigenvalue weighted by Crippen LogP contribution is -2.20. The van der Waals surface area contributed by atoms with Crippen molar-refractivity contribution in [2.24, 2.45) is 10.2 Å². The maximum absolute atomic E-state index is 13.3. The highest BCUT2D eigenvalue weighted by molar-refractivity contribution is 7.13. The van der Waals surface area contributed by atoms with Crippen molar-refractivity contribution in [3.05, 3.63) is 115 Å². The first kappa shape index (κ1) is 18.1. The van der Waals surface area contributed by atoms with Crippen LogP contribution in [0.3, 0.4) is 0 Å². The Labute approximate surface area is 174 Å². The molecule has 6 nitrogen and oxygen atoms in total. The third kappa shape index (κ3) is 3.11. The van der Waals surface area contributed by atoms with Crippen molar-refractivity contribution in [3.8, 4) is 5.69 Å². The predicted octanol–water partition coefficient (Wildman–Crippen LogP) is 4.95. The first-order valence-electron chi connectivity index (χ1n) is 9.23. The molecule has 0 atom stereocenters. The van der Waals surface area contributed by atoms with E-state index < -0.39 is 0 Å². The summed E-state index contributed by atoms with van der Waals surface area (Å²) in [5.41, 5.74) is 0.884. The molecule has 0 spiro atoms. The second-order valence-electron chi connectivity index (χ2n) is 6.55. The molecule has 0 bridgehead atoms. The quantitative estimate of drug-likeness (QED) is 0.395. The molecule has 1 aliphatic carbocycles. The van der Waals surface area contributed by atoms with Crippen LogP contribution >= 0.6 is 11.3 Å². The number of nitrogens with zero attached hydrogens (tertiary/aromatic N) is 4. The van der Waals surface area contributed by atoms with Crippen molar-refractivity contribution in [1.82, 2.24) is 9.78 Å². The Morgan fingerprint density at radius 3 is 2.00 bits per heavy atom. The van der Waals surface area contributed by atoms with Crippen LogP contribution in [0.25, 0.3) is 16.5 Å². The smallest absolute Gasteiger partial charge is 0.249 e. The van der Waals surface area contributed by atoms with Gasteiger partial charge >= 0.3 is 0 Å². The van der Waals surface area contributed by atoms with Gasteiger partial charge in [-0.3, -0.25) is 9.59 Å². The summed E-state index contributed by atoms with van der Waals surface area (Å²) in [5.74, 6) is 0. The molecule has 3 aromatic rings. The van der Waals surface area contributed by atoms with Gasteiger partial charge in [-0.05, 0) is 24.3 Å². The third-order valence-electron chi connectivity index (χ3n) is 4.65. The lowest BCUT2D eigenvalue weighted by Gasteiger charge is -2.08. The fourth-order valence-corrected chi connectivity index (χ4v) is 4.13. The summed E-state index contributed by atoms with van der Waals surface area (Å²) in [6, 6.07) is 25.3. The number of fused-ring (bicyclic) bond motifs is 1. The maximum Gasteiger partial charge on any atom is 0.249 e. The number of rotatable bonds is 3. The molecule has 1 heterocycles. The van der Waals surface area contributed by atoms with Crippen LogP contribution < -0.4 is 10.9 Å². The number of hydrogen-bond acceptors (Lipinski definition) is 6. The Hall–Kier alpha value is -3.97. The van der Waals surface area contributed by atoms with Crippen molar-refractivity contribution >= 4 is 32.9 Å². The van der Waals surface area contributed by atoms with Crippen LogP contribution in [0.1, 0.15) is 0 Å². The van der Waals surface area contributed by atoms with Gasteiger partial charge in [0.25, 0.3) is 0 Å². The Bertz CT molecular complexity index is 1580. The van der Waals surface area contributed by atoms with Crippen molar-refractivity contribution in [2.45, 2.75) is 0 Å². The van der Waals surface area contributed by atoms with Crippen LogP contribution in [0.2, 0.25) is 0 Å². The Morgan fingerprint density at radius 1 is 0.700 bits per heavy atom. The monoisotopic (exact) mass is 410 g/mol. The van der Waals surface area contributed by atoms with Gasteiger partial charge in [0, 0.05) is 10.8 Å². The molecule has 1 aliphatic heterocycles. The van der Waals surface area contributed by atoms with Gasteiger partial charge in [0.15, 0.2) is 0 Å². The first-order chi connectivity index (χ1) is 14.7. The zero-order chi connectivity index (χ0) is 20.5. The molecule has 0 aromatic heterocycles. The fourth-order valence-electron chi connectivity index (χ4n) is 3.27. The summed E-state index contributed by atoms with van der Waals surface area (Å²) >= 11 is 1.07. The van der Waals surface area contributed by atoms with E-state index >= 15 is 0 Å². The zero-order valence-corrected chi connectivity index (χ0v) is 16.4. The van der Waals surface area contributed by atoms with Gasteiger partial charge in [0.2, 0.25) is 16.0 Å². The van der Waals surface area contributed by atoms with Gasteiger partial charge in [0.1, 0.15) is 9.88 Å². The third-order valence-corrected chi connectivity index (χ3v) is 5.58. The van der Waals surface area contributed by atoms with Crippen LogP contribution in [-0.2, 0) is 0 Å². The number of para-hydroxylation sites is 1. The normalized spacial score (nSPS) is 11.5. The summed E-state index contributed by atoms with van der Waals surface area (Å²) in [5, 5.41) is 14.3. The molecule has 0 radical (unpaired) electrons. The van der Waals surface area contributed by atoms with E-state index in [9.17, 15) is 9.59 Å². The van der Waals surface area contributed by atoms with Gasteiger partial charge in [-0.2, -0.15) is 0 Å². The van der Waals surface area contributed by atoms with Crippen LogP contribution in [0, 0.1) is 9.88 Å². The molecule has 0 fully saturated rings. The van der Waals surface area contributed by atoms with Crippen molar-refractivity contribution in [1.29, 1.82) is 0 Å². The van der Waals surface area contributed by atoms with E-state index in [0.717, 1.165) is 11.3 Å². The SMILES string of the molecule is O=c1c2sc(N=Nc3ccccc3)nn(-c3ccccc3)c=2c(=O)c2ccccc12. The molecule has 7 heteroatoms. The van der Waals surface area contributed by atoms with Gasteiger partial charge in [-0.1, -0.05) is 72.0 Å². The molecule has 0 N–H and O–H groups in total. The van der Waals surface area contributed by atoms with E-state index in [4.69, 9.17) is 0 Å². The van der Waals surface area contributed by atoms with E-state index in [-0.39, 0.29) is 21.3 Å². The summed E-state index contributed by atoms with van der Waals surface area (Å²) in [7, 11) is 0. The minimum atomic E-state index is -0.237. The second kappa shape index (κ2) is 7.46. The van der Waals surface area contributed by atoms with Crippen LogP contribution in [0.15, 0.2) is 105 Å². The molecule has 3 aromatic carbocycles. The van der Waals surface area contributed by atoms with Gasteiger partial charge in [-0.25, -0.2) is 4.68 Å². The minimum absolute atomic E-state index is 0.214. The Kier molecular flexibility index (Phi) is 4.49. The zero-order valence-electron chi connectivity index (χ0n) is 15.6. The minimum Gasteiger partial charge on any atom is -0.288 e. The van der Waals surface area contributed by atoms with Crippen LogP contribution in [0.5, 0.6) is 0 Å². The molecule has 0 saturated heterocycles. The molecule has 30 heavy (non-hydrogen) atoms. The maximum atomic E-state index is 13.3. The molecular formula is C23H14N4O2S. The van der Waals surface area contributed by atoms with Crippen molar-refractivity contribution in [3.63, 3.8) is 0 Å². The van der Waals surface area contributed by atoms with Crippen LogP contribution in [0.4, 0.5) is 10.8 Å². The molecule has 5 rings (SSSR count). The molecule has 0 unspecified atom stereocenters. The fraction of sp³-hybridized carbons (Fsp3) is 0. The van der Waals surface area contributed by atoms with E-state index in [1.807, 2.05) is 60.7 Å². The number of hydrogen-bond donors (Lipinski definition) is 0. The first-order valence-corrected chi connectivity index (χ1v) is 10.0. The van der Waals surface area contributed by atoms with E-state index in [2.05, 4.69) is 15.3 Å². The van der Waals surface area contributed by atoms with E-state index in [1.54, 1.807) is 24.3 Å². The van der Waals surface area contributed by atoms with E-state index in [0.29, 0.717) is 26.7 Å². The molecule has 144 valence electrons. The average Bonchev–Trinajstić information content (AvgIpc) is 2.82. The van der Waals surface area contributed by atoms with Gasteiger partial charge in [0.05, 0.1) is 11.4 Å². The van der Waals surface area contributed by atoms with Gasteiger partial charge in [-0.15, -0.1) is 15.3 Å². The Morgan fingerprint density at radius 2 is 1.30 bits per heavy atom. The van der Waals surface area contributed by atoms with Crippen LogP contribution in [-0.4, -0.2) is 9.78 Å². The van der Waals surface area contributed by atoms with E-state index in [1.165, 1.54) is 4.68 Å². The largest absolute Gasteiger partial charge is 0.288 e. The van der Waals surface area contributed by atoms with Gasteiger partial charge < -0.3 is 0 Å².